The maximum absolute atomic E-state index is 13.6. The van der Waals surface area contributed by atoms with Crippen LogP contribution in [0.15, 0.2) is 22.7 Å². The molecule has 94 valence electrons. The van der Waals surface area contributed by atoms with Crippen LogP contribution in [0.25, 0.3) is 0 Å². The lowest BCUT2D eigenvalue weighted by Gasteiger charge is -2.22. The molecule has 2 nitrogen and oxygen atoms in total. The zero-order chi connectivity index (χ0) is 12.6. The van der Waals surface area contributed by atoms with Crippen LogP contribution in [0.5, 0.6) is 0 Å². The van der Waals surface area contributed by atoms with E-state index in [1.165, 1.54) is 6.07 Å². The van der Waals surface area contributed by atoms with Gasteiger partial charge in [-0.25, -0.2) is 4.39 Å². The van der Waals surface area contributed by atoms with E-state index in [-0.39, 0.29) is 5.82 Å². The van der Waals surface area contributed by atoms with Gasteiger partial charge in [0.1, 0.15) is 5.82 Å². The van der Waals surface area contributed by atoms with Gasteiger partial charge in [0, 0.05) is 23.5 Å². The molecule has 2 rings (SSSR count). The third-order valence-electron chi connectivity index (χ3n) is 3.50. The highest BCUT2D eigenvalue weighted by atomic mass is 79.9. The average molecular weight is 302 g/mol. The van der Waals surface area contributed by atoms with E-state index in [9.17, 15) is 9.50 Å². The summed E-state index contributed by atoms with van der Waals surface area (Å²) in [6.45, 7) is 2.68. The molecule has 0 amide bonds. The number of β-amino-alcohol motifs (C(OH)–C–C–N with tert-alkyl or cyclic N) is 1. The molecule has 1 aliphatic rings. The van der Waals surface area contributed by atoms with Gasteiger partial charge >= 0.3 is 0 Å². The number of nitrogens with zero attached hydrogens (tertiary/aromatic N) is 1. The quantitative estimate of drug-likeness (QED) is 0.907. The third kappa shape index (κ3) is 2.87. The van der Waals surface area contributed by atoms with Gasteiger partial charge in [0.25, 0.3) is 0 Å². The predicted octanol–water partition coefficient (Wildman–Crippen LogP) is 2.59. The highest BCUT2D eigenvalue weighted by Crippen LogP contribution is 2.30. The highest BCUT2D eigenvalue weighted by molar-refractivity contribution is 9.10. The molecule has 0 radical (unpaired) electrons. The maximum atomic E-state index is 13.6. The normalized spacial score (nSPS) is 29.8. The first-order valence-corrected chi connectivity index (χ1v) is 6.55. The largest absolute Gasteiger partial charge is 0.388 e. The summed E-state index contributed by atoms with van der Waals surface area (Å²) in [6, 6.07) is 5.20. The number of hydrogen-bond acceptors (Lipinski definition) is 2. The Balaban J connectivity index is 2.18. The van der Waals surface area contributed by atoms with Crippen molar-refractivity contribution in [3.8, 4) is 0 Å². The predicted molar refractivity (Wildman–Crippen MR) is 69.5 cm³/mol. The van der Waals surface area contributed by atoms with Crippen molar-refractivity contribution in [1.29, 1.82) is 0 Å². The van der Waals surface area contributed by atoms with Crippen molar-refractivity contribution in [1.82, 2.24) is 4.90 Å². The van der Waals surface area contributed by atoms with Crippen LogP contribution in [0, 0.1) is 5.82 Å². The van der Waals surface area contributed by atoms with E-state index in [4.69, 9.17) is 0 Å². The first kappa shape index (κ1) is 13.0. The summed E-state index contributed by atoms with van der Waals surface area (Å²) in [5.74, 6) is -0.246. The van der Waals surface area contributed by atoms with Crippen LogP contribution in [0.1, 0.15) is 18.9 Å². The molecule has 1 saturated heterocycles. The minimum absolute atomic E-state index is 0.246. The molecular weight excluding hydrogens is 285 g/mol. The third-order valence-corrected chi connectivity index (χ3v) is 3.99. The Bertz CT molecular complexity index is 414. The lowest BCUT2D eigenvalue weighted by atomic mass is 9.92. The van der Waals surface area contributed by atoms with E-state index < -0.39 is 5.60 Å². The Labute approximate surface area is 110 Å². The van der Waals surface area contributed by atoms with Gasteiger partial charge < -0.3 is 10.0 Å². The summed E-state index contributed by atoms with van der Waals surface area (Å²) in [4.78, 5) is 2.11. The Morgan fingerprint density at radius 3 is 2.88 bits per heavy atom. The van der Waals surface area contributed by atoms with E-state index in [1.807, 2.05) is 7.05 Å². The van der Waals surface area contributed by atoms with Crippen LogP contribution in [0.4, 0.5) is 4.39 Å². The molecule has 1 heterocycles. The van der Waals surface area contributed by atoms with Crippen molar-refractivity contribution in [2.75, 3.05) is 13.6 Å². The summed E-state index contributed by atoms with van der Waals surface area (Å²) in [5, 5.41) is 10.5. The summed E-state index contributed by atoms with van der Waals surface area (Å²) >= 11 is 3.33. The molecule has 1 aromatic carbocycles. The van der Waals surface area contributed by atoms with Gasteiger partial charge in [-0.05, 0) is 44.2 Å². The topological polar surface area (TPSA) is 23.5 Å². The zero-order valence-corrected chi connectivity index (χ0v) is 11.7. The number of aliphatic hydroxyl groups is 1. The Kier molecular flexibility index (Phi) is 3.57. The van der Waals surface area contributed by atoms with Crippen molar-refractivity contribution >= 4 is 15.9 Å². The van der Waals surface area contributed by atoms with Crippen molar-refractivity contribution in [2.45, 2.75) is 31.4 Å². The van der Waals surface area contributed by atoms with Gasteiger partial charge in [0.15, 0.2) is 0 Å². The monoisotopic (exact) mass is 301 g/mol. The lowest BCUT2D eigenvalue weighted by Crippen LogP contribution is -2.34. The molecule has 1 fully saturated rings. The number of halogens is 2. The molecule has 2 unspecified atom stereocenters. The van der Waals surface area contributed by atoms with E-state index in [0.29, 0.717) is 31.0 Å². The first-order valence-electron chi connectivity index (χ1n) is 5.76. The minimum Gasteiger partial charge on any atom is -0.388 e. The first-order chi connectivity index (χ1) is 7.89. The van der Waals surface area contributed by atoms with Gasteiger partial charge in [-0.1, -0.05) is 15.9 Å². The second-order valence-electron chi connectivity index (χ2n) is 5.11. The Hall–Kier alpha value is -0.450. The molecule has 2 atom stereocenters. The van der Waals surface area contributed by atoms with Gasteiger partial charge in [0.05, 0.1) is 5.60 Å². The van der Waals surface area contributed by atoms with Crippen LogP contribution in [-0.2, 0) is 6.42 Å². The molecule has 0 aliphatic carbocycles. The van der Waals surface area contributed by atoms with Crippen LogP contribution < -0.4 is 0 Å². The highest BCUT2D eigenvalue weighted by Gasteiger charge is 2.39. The molecule has 0 spiro atoms. The standard InChI is InChI=1S/C13H17BrFNO/c1-9-6-13(17,8-16(9)2)7-10-5-11(14)3-4-12(10)15/h3-5,9,17H,6-8H2,1-2H3. The second-order valence-corrected chi connectivity index (χ2v) is 6.02. The summed E-state index contributed by atoms with van der Waals surface area (Å²) in [5.41, 5.74) is -0.236. The van der Waals surface area contributed by atoms with Crippen LogP contribution in [0.2, 0.25) is 0 Å². The van der Waals surface area contributed by atoms with Gasteiger partial charge in [0.2, 0.25) is 0 Å². The van der Waals surface area contributed by atoms with Gasteiger partial charge in [-0.3, -0.25) is 0 Å². The van der Waals surface area contributed by atoms with Gasteiger partial charge in [-0.2, -0.15) is 0 Å². The van der Waals surface area contributed by atoms with Crippen LogP contribution in [0.3, 0.4) is 0 Å². The van der Waals surface area contributed by atoms with Crippen molar-refractivity contribution in [3.63, 3.8) is 0 Å². The number of likely N-dealkylation sites (tertiary alicyclic amines) is 1. The summed E-state index contributed by atoms with van der Waals surface area (Å²) < 4.78 is 14.5. The van der Waals surface area contributed by atoms with Crippen molar-refractivity contribution < 1.29 is 9.50 Å². The molecular formula is C13H17BrFNO. The van der Waals surface area contributed by atoms with E-state index in [2.05, 4.69) is 27.8 Å². The van der Waals surface area contributed by atoms with E-state index in [0.717, 1.165) is 4.47 Å². The molecule has 1 N–H and O–H groups in total. The molecule has 1 aliphatic heterocycles. The number of rotatable bonds is 2. The van der Waals surface area contributed by atoms with Gasteiger partial charge in [-0.15, -0.1) is 0 Å². The van der Waals surface area contributed by atoms with E-state index in [1.54, 1.807) is 12.1 Å². The van der Waals surface area contributed by atoms with Crippen LogP contribution >= 0.6 is 15.9 Å². The van der Waals surface area contributed by atoms with Crippen molar-refractivity contribution in [2.24, 2.45) is 0 Å². The molecule has 1 aromatic rings. The molecule has 4 heteroatoms. The molecule has 17 heavy (non-hydrogen) atoms. The number of likely N-dealkylation sites (N-methyl/N-ethyl adjacent to an activating group) is 1. The zero-order valence-electron chi connectivity index (χ0n) is 10.1. The second kappa shape index (κ2) is 4.67. The Morgan fingerprint density at radius 1 is 1.59 bits per heavy atom. The number of hydrogen-bond donors (Lipinski definition) is 1. The van der Waals surface area contributed by atoms with Crippen molar-refractivity contribution in [3.05, 3.63) is 34.1 Å². The fourth-order valence-corrected chi connectivity index (χ4v) is 2.96. The minimum atomic E-state index is -0.810. The number of benzene rings is 1. The lowest BCUT2D eigenvalue weighted by molar-refractivity contribution is 0.0512. The summed E-state index contributed by atoms with van der Waals surface area (Å²) in [7, 11) is 1.99. The fraction of sp³-hybridized carbons (Fsp3) is 0.538. The maximum Gasteiger partial charge on any atom is 0.126 e. The average Bonchev–Trinajstić information content (AvgIpc) is 2.47. The Morgan fingerprint density at radius 2 is 2.29 bits per heavy atom. The van der Waals surface area contributed by atoms with E-state index >= 15 is 0 Å². The summed E-state index contributed by atoms with van der Waals surface area (Å²) in [6.07, 6.45) is 1.06. The smallest absolute Gasteiger partial charge is 0.126 e. The molecule has 0 bridgehead atoms. The SMILES string of the molecule is CC1CC(O)(Cc2cc(Br)ccc2F)CN1C. The fourth-order valence-electron chi connectivity index (χ4n) is 2.55. The molecule has 0 saturated carbocycles. The molecule has 0 aromatic heterocycles. The van der Waals surface area contributed by atoms with Crippen LogP contribution in [-0.4, -0.2) is 35.2 Å².